The zero-order chi connectivity index (χ0) is 16.4. The fourth-order valence-electron chi connectivity index (χ4n) is 2.83. The molecule has 2 heterocycles. The Bertz CT molecular complexity index is 692. The van der Waals surface area contributed by atoms with Crippen molar-refractivity contribution in [1.82, 2.24) is 19.8 Å². The van der Waals surface area contributed by atoms with Crippen molar-refractivity contribution in [2.24, 2.45) is 7.05 Å². The van der Waals surface area contributed by atoms with Crippen molar-refractivity contribution in [3.63, 3.8) is 0 Å². The van der Waals surface area contributed by atoms with Crippen LogP contribution in [0.2, 0.25) is 0 Å². The summed E-state index contributed by atoms with van der Waals surface area (Å²) in [5.74, 6) is -4.14. The fraction of sp³-hybridized carbons (Fsp3) is 0.375. The van der Waals surface area contributed by atoms with Crippen LogP contribution in [-0.4, -0.2) is 40.0 Å². The van der Waals surface area contributed by atoms with Crippen molar-refractivity contribution in [3.8, 4) is 0 Å². The van der Waals surface area contributed by atoms with Gasteiger partial charge in [-0.3, -0.25) is 4.79 Å². The Morgan fingerprint density at radius 2 is 2.04 bits per heavy atom. The first kappa shape index (κ1) is 18.4. The molecule has 0 bridgehead atoms. The van der Waals surface area contributed by atoms with Crippen molar-refractivity contribution in [2.45, 2.75) is 12.0 Å². The van der Waals surface area contributed by atoms with Crippen LogP contribution in [0.15, 0.2) is 42.7 Å². The molecule has 1 aliphatic heterocycles. The SMILES string of the molecule is Cl.Cn1ccnc1C1CNCCN1C(=O)C(F)(F)c1ccccc1. The van der Waals surface area contributed by atoms with Crippen LogP contribution >= 0.6 is 12.4 Å². The number of carbonyl (C=O) groups is 1. The van der Waals surface area contributed by atoms with E-state index in [-0.39, 0.29) is 24.5 Å². The number of hydrogen-bond acceptors (Lipinski definition) is 3. The number of amides is 1. The number of aryl methyl sites for hydroxylation is 1. The van der Waals surface area contributed by atoms with Gasteiger partial charge in [0.05, 0.1) is 0 Å². The van der Waals surface area contributed by atoms with Crippen LogP contribution in [0.3, 0.4) is 0 Å². The zero-order valence-electron chi connectivity index (χ0n) is 13.2. The summed E-state index contributed by atoms with van der Waals surface area (Å²) in [6.07, 6.45) is 3.34. The molecule has 1 amide bonds. The third-order valence-corrected chi connectivity index (χ3v) is 4.07. The number of hydrogen-bond donors (Lipinski definition) is 1. The van der Waals surface area contributed by atoms with E-state index in [0.29, 0.717) is 18.9 Å². The predicted octanol–water partition coefficient (Wildman–Crippen LogP) is 2.11. The van der Waals surface area contributed by atoms with E-state index in [1.54, 1.807) is 30.1 Å². The molecule has 2 aromatic rings. The summed E-state index contributed by atoms with van der Waals surface area (Å²) >= 11 is 0. The number of alkyl halides is 2. The van der Waals surface area contributed by atoms with Gasteiger partial charge in [0.1, 0.15) is 11.9 Å². The molecule has 130 valence electrons. The van der Waals surface area contributed by atoms with Gasteiger partial charge in [0.15, 0.2) is 0 Å². The van der Waals surface area contributed by atoms with Gasteiger partial charge in [0, 0.05) is 44.6 Å². The van der Waals surface area contributed by atoms with Gasteiger partial charge in [0.25, 0.3) is 5.91 Å². The standard InChI is InChI=1S/C16H18F2N4O.ClH/c1-21-9-8-20-14(21)13-11-19-7-10-22(13)15(23)16(17,18)12-5-3-2-4-6-12;/h2-6,8-9,13,19H,7,10-11H2,1H3;1H. The maximum absolute atomic E-state index is 14.6. The lowest BCUT2D eigenvalue weighted by molar-refractivity contribution is -0.163. The van der Waals surface area contributed by atoms with Gasteiger partial charge < -0.3 is 14.8 Å². The number of piperazine rings is 1. The van der Waals surface area contributed by atoms with E-state index in [2.05, 4.69) is 10.3 Å². The first-order valence-corrected chi connectivity index (χ1v) is 7.44. The highest BCUT2D eigenvalue weighted by Gasteiger charge is 2.46. The molecule has 1 aromatic heterocycles. The van der Waals surface area contributed by atoms with Gasteiger partial charge in [-0.1, -0.05) is 30.3 Å². The second kappa shape index (κ2) is 7.27. The molecule has 0 radical (unpaired) electrons. The molecule has 24 heavy (non-hydrogen) atoms. The van der Waals surface area contributed by atoms with Crippen molar-refractivity contribution in [2.75, 3.05) is 19.6 Å². The summed E-state index contributed by atoms with van der Waals surface area (Å²) in [5, 5.41) is 3.13. The van der Waals surface area contributed by atoms with Gasteiger partial charge in [-0.25, -0.2) is 4.98 Å². The third-order valence-electron chi connectivity index (χ3n) is 4.07. The van der Waals surface area contributed by atoms with Crippen molar-refractivity contribution in [1.29, 1.82) is 0 Å². The average molecular weight is 357 g/mol. The van der Waals surface area contributed by atoms with E-state index < -0.39 is 17.9 Å². The van der Waals surface area contributed by atoms with E-state index in [4.69, 9.17) is 0 Å². The minimum Gasteiger partial charge on any atom is -0.336 e. The van der Waals surface area contributed by atoms with Gasteiger partial charge >= 0.3 is 5.92 Å². The number of benzene rings is 1. The average Bonchev–Trinajstić information content (AvgIpc) is 3.01. The molecule has 3 rings (SSSR count). The molecule has 1 N–H and O–H groups in total. The van der Waals surface area contributed by atoms with Gasteiger partial charge in [0.2, 0.25) is 0 Å². The van der Waals surface area contributed by atoms with Crippen molar-refractivity contribution in [3.05, 3.63) is 54.1 Å². The van der Waals surface area contributed by atoms with Crippen LogP contribution in [0, 0.1) is 0 Å². The zero-order valence-corrected chi connectivity index (χ0v) is 14.0. The minimum atomic E-state index is -3.55. The summed E-state index contributed by atoms with van der Waals surface area (Å²) in [6.45, 7) is 1.11. The number of halogens is 3. The highest BCUT2D eigenvalue weighted by atomic mass is 35.5. The number of nitrogens with one attached hydrogen (secondary N) is 1. The molecule has 0 spiro atoms. The Labute approximate surface area is 145 Å². The number of nitrogens with zero attached hydrogens (tertiary/aromatic N) is 3. The number of carbonyl (C=O) groups excluding carboxylic acids is 1. The lowest BCUT2D eigenvalue weighted by Gasteiger charge is -2.37. The molecule has 1 saturated heterocycles. The molecule has 1 aliphatic rings. The highest BCUT2D eigenvalue weighted by molar-refractivity contribution is 5.85. The fourth-order valence-corrected chi connectivity index (χ4v) is 2.83. The van der Waals surface area contributed by atoms with E-state index in [1.165, 1.54) is 29.2 Å². The van der Waals surface area contributed by atoms with Crippen molar-refractivity contribution >= 4 is 18.3 Å². The molecule has 5 nitrogen and oxygen atoms in total. The van der Waals surface area contributed by atoms with Crippen LogP contribution < -0.4 is 5.32 Å². The maximum atomic E-state index is 14.6. The van der Waals surface area contributed by atoms with E-state index in [0.717, 1.165) is 0 Å². The summed E-state index contributed by atoms with van der Waals surface area (Å²) < 4.78 is 31.0. The summed E-state index contributed by atoms with van der Waals surface area (Å²) in [7, 11) is 1.79. The monoisotopic (exact) mass is 356 g/mol. The first-order chi connectivity index (χ1) is 11.0. The maximum Gasteiger partial charge on any atom is 0.349 e. The van der Waals surface area contributed by atoms with Crippen LogP contribution in [0.1, 0.15) is 17.4 Å². The summed E-state index contributed by atoms with van der Waals surface area (Å²) in [6, 6.07) is 6.69. The normalized spacial score (nSPS) is 18.1. The first-order valence-electron chi connectivity index (χ1n) is 7.44. The largest absolute Gasteiger partial charge is 0.349 e. The molecule has 1 fully saturated rings. The van der Waals surface area contributed by atoms with Crippen molar-refractivity contribution < 1.29 is 13.6 Å². The van der Waals surface area contributed by atoms with E-state index in [9.17, 15) is 13.6 Å². The Balaban J connectivity index is 0.00000208. The predicted molar refractivity (Wildman–Crippen MR) is 88.1 cm³/mol. The quantitative estimate of drug-likeness (QED) is 0.916. The third kappa shape index (κ3) is 3.27. The second-order valence-electron chi connectivity index (χ2n) is 5.56. The Kier molecular flexibility index (Phi) is 5.56. The molecule has 1 unspecified atom stereocenters. The van der Waals surface area contributed by atoms with Crippen LogP contribution in [0.25, 0.3) is 0 Å². The van der Waals surface area contributed by atoms with Gasteiger partial charge in [-0.15, -0.1) is 12.4 Å². The minimum absolute atomic E-state index is 0. The Hall–Kier alpha value is -1.99. The van der Waals surface area contributed by atoms with Gasteiger partial charge in [-0.2, -0.15) is 8.78 Å². The van der Waals surface area contributed by atoms with E-state index in [1.807, 2.05) is 0 Å². The molecule has 1 aromatic carbocycles. The van der Waals surface area contributed by atoms with E-state index >= 15 is 0 Å². The second-order valence-corrected chi connectivity index (χ2v) is 5.56. The molecule has 0 saturated carbocycles. The topological polar surface area (TPSA) is 50.2 Å². The summed E-state index contributed by atoms with van der Waals surface area (Å²) in [4.78, 5) is 18.0. The lowest BCUT2D eigenvalue weighted by Crippen LogP contribution is -2.53. The van der Waals surface area contributed by atoms with Crippen LogP contribution in [0.4, 0.5) is 8.78 Å². The molecular formula is C16H19ClF2N4O. The van der Waals surface area contributed by atoms with Crippen LogP contribution in [0.5, 0.6) is 0 Å². The molecule has 8 heteroatoms. The van der Waals surface area contributed by atoms with Crippen LogP contribution in [-0.2, 0) is 17.8 Å². The number of imidazole rings is 1. The smallest absolute Gasteiger partial charge is 0.336 e. The summed E-state index contributed by atoms with van der Waals surface area (Å²) in [5.41, 5.74) is -0.290. The highest BCUT2D eigenvalue weighted by Crippen LogP contribution is 2.33. The molecule has 0 aliphatic carbocycles. The molecular weight excluding hydrogens is 338 g/mol. The Morgan fingerprint density at radius 3 is 2.67 bits per heavy atom. The number of aromatic nitrogens is 2. The molecule has 1 atom stereocenters. The Morgan fingerprint density at radius 1 is 1.33 bits per heavy atom. The lowest BCUT2D eigenvalue weighted by atomic mass is 10.0. The van der Waals surface area contributed by atoms with Gasteiger partial charge in [-0.05, 0) is 0 Å². The number of rotatable bonds is 3.